The van der Waals surface area contributed by atoms with Crippen LogP contribution in [0.3, 0.4) is 0 Å². The van der Waals surface area contributed by atoms with Crippen LogP contribution in [0.2, 0.25) is 0 Å². The number of fused-ring (bicyclic) bond motifs is 2. The van der Waals surface area contributed by atoms with Gasteiger partial charge in [0.2, 0.25) is 11.8 Å². The zero-order chi connectivity index (χ0) is 18.3. The lowest BCUT2D eigenvalue weighted by Gasteiger charge is -2.34. The molecule has 0 spiro atoms. The molecule has 0 radical (unpaired) electrons. The van der Waals surface area contributed by atoms with Crippen LogP contribution in [0.5, 0.6) is 0 Å². The lowest BCUT2D eigenvalue weighted by atomic mass is 9.84. The highest BCUT2D eigenvalue weighted by Gasteiger charge is 2.48. The third-order valence-electron chi connectivity index (χ3n) is 5.73. The highest BCUT2D eigenvalue weighted by molar-refractivity contribution is 8.01. The average Bonchev–Trinajstić information content (AvgIpc) is 3.02. The average molecular weight is 374 g/mol. The van der Waals surface area contributed by atoms with E-state index in [0.29, 0.717) is 6.42 Å². The molecule has 26 heavy (non-hydrogen) atoms. The van der Waals surface area contributed by atoms with Gasteiger partial charge in [0, 0.05) is 17.4 Å². The van der Waals surface area contributed by atoms with Crippen LogP contribution in [0, 0.1) is 5.92 Å². The number of carbonyl (C=O) groups excluding carboxylic acids is 2. The van der Waals surface area contributed by atoms with E-state index in [1.165, 1.54) is 11.8 Å². The van der Waals surface area contributed by atoms with Gasteiger partial charge in [-0.05, 0) is 37.3 Å². The maximum Gasteiger partial charge on any atom is 0.326 e. The van der Waals surface area contributed by atoms with Crippen molar-refractivity contribution < 1.29 is 19.5 Å². The van der Waals surface area contributed by atoms with Crippen LogP contribution in [-0.2, 0) is 14.4 Å². The number of amides is 2. The third-order valence-corrected chi connectivity index (χ3v) is 7.00. The predicted molar refractivity (Wildman–Crippen MR) is 98.0 cm³/mol. The smallest absolute Gasteiger partial charge is 0.326 e. The molecule has 1 aromatic carbocycles. The minimum absolute atomic E-state index is 0.0151. The molecule has 1 saturated heterocycles. The van der Waals surface area contributed by atoms with E-state index in [1.807, 2.05) is 24.3 Å². The molecule has 2 aliphatic heterocycles. The molecule has 1 saturated carbocycles. The van der Waals surface area contributed by atoms with E-state index >= 15 is 0 Å². The first-order valence-corrected chi connectivity index (χ1v) is 10.0. The first-order chi connectivity index (χ1) is 12.5. The van der Waals surface area contributed by atoms with Gasteiger partial charge in [0.15, 0.2) is 0 Å². The Labute approximate surface area is 156 Å². The summed E-state index contributed by atoms with van der Waals surface area (Å²) in [5, 5.41) is 11.9. The lowest BCUT2D eigenvalue weighted by Crippen LogP contribution is -2.47. The van der Waals surface area contributed by atoms with E-state index in [9.17, 15) is 19.5 Å². The maximum atomic E-state index is 13.0. The standard InChI is InChI=1S/C19H22N2O4S/c22-17(10-16-18(23)20-12-6-2-4-8-15(12)26-16)21-13-7-3-1-5-11(13)9-14(21)19(24)25/h2,4,6,8,11,13-14,16H,1,3,5,7,9-10H2,(H,20,23)(H,24,25)/t11-,13-,14+,16-/m1/s1. The third kappa shape index (κ3) is 3.09. The molecule has 4 rings (SSSR count). The van der Waals surface area contributed by atoms with Gasteiger partial charge in [-0.1, -0.05) is 25.0 Å². The number of carbonyl (C=O) groups is 3. The zero-order valence-corrected chi connectivity index (χ0v) is 15.2. The minimum atomic E-state index is -0.932. The number of anilines is 1. The van der Waals surface area contributed by atoms with Crippen molar-refractivity contribution >= 4 is 35.2 Å². The van der Waals surface area contributed by atoms with Crippen LogP contribution in [0.15, 0.2) is 29.2 Å². The lowest BCUT2D eigenvalue weighted by molar-refractivity contribution is -0.150. The van der Waals surface area contributed by atoms with E-state index in [-0.39, 0.29) is 30.2 Å². The molecule has 3 aliphatic rings. The van der Waals surface area contributed by atoms with Crippen LogP contribution >= 0.6 is 11.8 Å². The number of carboxylic acids is 1. The number of carboxylic acid groups (broad SMARTS) is 1. The largest absolute Gasteiger partial charge is 0.480 e. The van der Waals surface area contributed by atoms with Gasteiger partial charge in [-0.15, -0.1) is 11.8 Å². The maximum absolute atomic E-state index is 13.0. The van der Waals surface area contributed by atoms with Gasteiger partial charge >= 0.3 is 5.97 Å². The van der Waals surface area contributed by atoms with Gasteiger partial charge in [-0.2, -0.15) is 0 Å². The van der Waals surface area contributed by atoms with Crippen molar-refractivity contribution in [2.45, 2.75) is 60.8 Å². The zero-order valence-electron chi connectivity index (χ0n) is 14.4. The molecule has 2 fully saturated rings. The summed E-state index contributed by atoms with van der Waals surface area (Å²) < 4.78 is 0. The molecule has 1 aromatic rings. The van der Waals surface area contributed by atoms with Crippen LogP contribution in [0.4, 0.5) is 5.69 Å². The summed E-state index contributed by atoms with van der Waals surface area (Å²) in [6.07, 6.45) is 4.57. The first-order valence-electron chi connectivity index (χ1n) is 9.15. The van der Waals surface area contributed by atoms with Crippen LogP contribution in [0.1, 0.15) is 38.5 Å². The molecule has 7 heteroatoms. The quantitative estimate of drug-likeness (QED) is 0.850. The number of likely N-dealkylation sites (tertiary alicyclic amines) is 1. The number of thioether (sulfide) groups is 1. The summed E-state index contributed by atoms with van der Waals surface area (Å²) >= 11 is 1.38. The van der Waals surface area contributed by atoms with Crippen LogP contribution in [0.25, 0.3) is 0 Å². The SMILES string of the molecule is O=C1Nc2ccccc2S[C@@H]1CC(=O)N1[C@@H]2CCCC[C@@H]2C[C@H]1C(=O)O. The highest BCUT2D eigenvalue weighted by atomic mass is 32.2. The van der Waals surface area contributed by atoms with Gasteiger partial charge in [0.05, 0.1) is 10.9 Å². The van der Waals surface area contributed by atoms with Crippen molar-refractivity contribution in [1.82, 2.24) is 4.90 Å². The summed E-state index contributed by atoms with van der Waals surface area (Å²) in [5.74, 6) is -1.05. The molecule has 2 N–H and O–H groups in total. The Balaban J connectivity index is 1.51. The Kier molecular flexibility index (Phi) is 4.65. The number of rotatable bonds is 3. The molecule has 6 nitrogen and oxygen atoms in total. The molecule has 2 heterocycles. The molecule has 4 atom stereocenters. The second-order valence-electron chi connectivity index (χ2n) is 7.30. The number of nitrogens with one attached hydrogen (secondary N) is 1. The van der Waals surface area contributed by atoms with Crippen molar-refractivity contribution in [2.75, 3.05) is 5.32 Å². The van der Waals surface area contributed by atoms with Crippen molar-refractivity contribution in [1.29, 1.82) is 0 Å². The van der Waals surface area contributed by atoms with E-state index in [4.69, 9.17) is 0 Å². The topological polar surface area (TPSA) is 86.7 Å². The van der Waals surface area contributed by atoms with Crippen LogP contribution < -0.4 is 5.32 Å². The summed E-state index contributed by atoms with van der Waals surface area (Å²) in [6.45, 7) is 0. The Bertz CT molecular complexity index is 753. The number of hydrogen-bond acceptors (Lipinski definition) is 4. The molecule has 2 amide bonds. The van der Waals surface area contributed by atoms with Gasteiger partial charge < -0.3 is 15.3 Å². The molecule has 0 bridgehead atoms. The fourth-order valence-corrected chi connectivity index (χ4v) is 5.63. The highest BCUT2D eigenvalue weighted by Crippen LogP contribution is 2.42. The molecule has 0 aromatic heterocycles. The van der Waals surface area contributed by atoms with Crippen molar-refractivity contribution in [2.24, 2.45) is 5.92 Å². The van der Waals surface area contributed by atoms with Crippen molar-refractivity contribution in [3.8, 4) is 0 Å². The molecule has 0 unspecified atom stereocenters. The Morgan fingerprint density at radius 1 is 1.23 bits per heavy atom. The summed E-state index contributed by atoms with van der Waals surface area (Å²) in [4.78, 5) is 39.6. The number of aliphatic carboxylic acids is 1. The van der Waals surface area contributed by atoms with E-state index in [1.54, 1.807) is 4.90 Å². The minimum Gasteiger partial charge on any atom is -0.480 e. The first kappa shape index (κ1) is 17.4. The number of hydrogen-bond donors (Lipinski definition) is 2. The fraction of sp³-hybridized carbons (Fsp3) is 0.526. The van der Waals surface area contributed by atoms with Crippen molar-refractivity contribution in [3.05, 3.63) is 24.3 Å². The molecule has 1 aliphatic carbocycles. The number of nitrogens with zero attached hydrogens (tertiary/aromatic N) is 1. The van der Waals surface area contributed by atoms with E-state index in [2.05, 4.69) is 5.32 Å². The second-order valence-corrected chi connectivity index (χ2v) is 8.54. The number of benzene rings is 1. The Morgan fingerprint density at radius 2 is 2.00 bits per heavy atom. The van der Waals surface area contributed by atoms with Crippen molar-refractivity contribution in [3.63, 3.8) is 0 Å². The predicted octanol–water partition coefficient (Wildman–Crippen LogP) is 2.73. The molecular weight excluding hydrogens is 352 g/mol. The van der Waals surface area contributed by atoms with Crippen LogP contribution in [-0.4, -0.2) is 45.1 Å². The Morgan fingerprint density at radius 3 is 2.81 bits per heavy atom. The second kappa shape index (κ2) is 6.95. The summed E-state index contributed by atoms with van der Waals surface area (Å²) in [7, 11) is 0. The summed E-state index contributed by atoms with van der Waals surface area (Å²) in [6, 6.07) is 6.78. The van der Waals surface area contributed by atoms with Gasteiger partial charge in [-0.3, -0.25) is 9.59 Å². The van der Waals surface area contributed by atoms with E-state index in [0.717, 1.165) is 36.3 Å². The van der Waals surface area contributed by atoms with Gasteiger partial charge in [0.1, 0.15) is 6.04 Å². The monoisotopic (exact) mass is 374 g/mol. The number of para-hydroxylation sites is 1. The molecule has 138 valence electrons. The van der Waals surface area contributed by atoms with E-state index < -0.39 is 17.3 Å². The Hall–Kier alpha value is -2.02. The molecular formula is C19H22N2O4S. The van der Waals surface area contributed by atoms with Gasteiger partial charge in [0.25, 0.3) is 0 Å². The van der Waals surface area contributed by atoms with Gasteiger partial charge in [-0.25, -0.2) is 4.79 Å². The fourth-order valence-electron chi connectivity index (χ4n) is 4.53. The normalized spacial score (nSPS) is 30.3. The summed E-state index contributed by atoms with van der Waals surface area (Å²) in [5.41, 5.74) is 0.767.